The lowest BCUT2D eigenvalue weighted by molar-refractivity contribution is 0.599. The first-order chi connectivity index (χ1) is 8.13. The number of hydrogen-bond acceptors (Lipinski definition) is 2. The summed E-state index contributed by atoms with van der Waals surface area (Å²) in [7, 11) is 0. The third-order valence-corrected chi connectivity index (χ3v) is 2.94. The first kappa shape index (κ1) is 12.1. The molecule has 0 saturated carbocycles. The maximum atomic E-state index is 13.8. The quantitative estimate of drug-likeness (QED) is 0.914. The average molecular weight is 254 g/mol. The smallest absolute Gasteiger partial charge is 0.146 e. The summed E-state index contributed by atoms with van der Waals surface area (Å²) in [5.41, 5.74) is 7.16. The van der Waals surface area contributed by atoms with Crippen molar-refractivity contribution in [3.05, 3.63) is 52.6 Å². The SMILES string of the molecule is CCn1cc(C(N)c2cccc(Cl)c2F)cn1. The lowest BCUT2D eigenvalue weighted by atomic mass is 10.0. The molecular formula is C12H13ClFN3. The van der Waals surface area contributed by atoms with Gasteiger partial charge in [-0.25, -0.2) is 4.39 Å². The van der Waals surface area contributed by atoms with Gasteiger partial charge in [0.2, 0.25) is 0 Å². The molecule has 0 bridgehead atoms. The summed E-state index contributed by atoms with van der Waals surface area (Å²) >= 11 is 5.73. The molecule has 5 heteroatoms. The van der Waals surface area contributed by atoms with Gasteiger partial charge in [-0.2, -0.15) is 5.10 Å². The van der Waals surface area contributed by atoms with Gasteiger partial charge in [0, 0.05) is 23.9 Å². The summed E-state index contributed by atoms with van der Waals surface area (Å²) in [5, 5.41) is 4.20. The predicted molar refractivity (Wildman–Crippen MR) is 65.3 cm³/mol. The molecule has 17 heavy (non-hydrogen) atoms. The summed E-state index contributed by atoms with van der Waals surface area (Å²) in [6, 6.07) is 4.27. The molecule has 0 fully saturated rings. The normalized spacial score (nSPS) is 12.7. The van der Waals surface area contributed by atoms with Gasteiger partial charge in [0.05, 0.1) is 17.3 Å². The van der Waals surface area contributed by atoms with Gasteiger partial charge in [0.1, 0.15) is 5.82 Å². The number of aryl methyl sites for hydroxylation is 1. The highest BCUT2D eigenvalue weighted by Gasteiger charge is 2.16. The molecule has 0 amide bonds. The van der Waals surface area contributed by atoms with Crippen LogP contribution in [-0.4, -0.2) is 9.78 Å². The van der Waals surface area contributed by atoms with Crippen molar-refractivity contribution in [2.45, 2.75) is 19.5 Å². The van der Waals surface area contributed by atoms with Crippen molar-refractivity contribution in [2.75, 3.05) is 0 Å². The number of hydrogen-bond donors (Lipinski definition) is 1. The van der Waals surface area contributed by atoms with E-state index in [1.807, 2.05) is 13.1 Å². The Balaban J connectivity index is 2.36. The van der Waals surface area contributed by atoms with Crippen LogP contribution in [0.25, 0.3) is 0 Å². The van der Waals surface area contributed by atoms with Crippen LogP contribution in [0.2, 0.25) is 5.02 Å². The van der Waals surface area contributed by atoms with E-state index in [0.29, 0.717) is 5.56 Å². The van der Waals surface area contributed by atoms with Crippen LogP contribution in [0.15, 0.2) is 30.6 Å². The van der Waals surface area contributed by atoms with Crippen molar-refractivity contribution < 1.29 is 4.39 Å². The lowest BCUT2D eigenvalue weighted by Crippen LogP contribution is -2.13. The highest BCUT2D eigenvalue weighted by molar-refractivity contribution is 6.30. The summed E-state index contributed by atoms with van der Waals surface area (Å²) in [5.74, 6) is -0.467. The first-order valence-corrected chi connectivity index (χ1v) is 5.73. The van der Waals surface area contributed by atoms with Gasteiger partial charge in [0.25, 0.3) is 0 Å². The predicted octanol–water partition coefficient (Wildman–Crippen LogP) is 2.74. The molecule has 1 aromatic heterocycles. The Morgan fingerprint density at radius 3 is 2.94 bits per heavy atom. The molecule has 2 aromatic rings. The molecule has 90 valence electrons. The molecule has 0 aliphatic heterocycles. The number of aromatic nitrogens is 2. The molecular weight excluding hydrogens is 241 g/mol. The van der Waals surface area contributed by atoms with Crippen molar-refractivity contribution in [3.8, 4) is 0 Å². The van der Waals surface area contributed by atoms with E-state index in [4.69, 9.17) is 17.3 Å². The van der Waals surface area contributed by atoms with Crippen molar-refractivity contribution >= 4 is 11.6 Å². The van der Waals surface area contributed by atoms with Crippen molar-refractivity contribution in [1.29, 1.82) is 0 Å². The minimum atomic E-state index is -0.547. The highest BCUT2D eigenvalue weighted by Crippen LogP contribution is 2.26. The van der Waals surface area contributed by atoms with Crippen LogP contribution >= 0.6 is 11.6 Å². The van der Waals surface area contributed by atoms with Crippen molar-refractivity contribution in [1.82, 2.24) is 9.78 Å². The minimum absolute atomic E-state index is 0.0841. The topological polar surface area (TPSA) is 43.8 Å². The largest absolute Gasteiger partial charge is 0.320 e. The van der Waals surface area contributed by atoms with Crippen LogP contribution in [0, 0.1) is 5.82 Å². The summed E-state index contributed by atoms with van der Waals surface area (Å²) in [4.78, 5) is 0. The Hall–Kier alpha value is -1.39. The van der Waals surface area contributed by atoms with Crippen molar-refractivity contribution in [2.24, 2.45) is 5.73 Å². The van der Waals surface area contributed by atoms with Crippen LogP contribution in [-0.2, 0) is 6.54 Å². The summed E-state index contributed by atoms with van der Waals surface area (Å²) < 4.78 is 15.5. The van der Waals surface area contributed by atoms with Gasteiger partial charge >= 0.3 is 0 Å². The molecule has 2 rings (SSSR count). The standard InChI is InChI=1S/C12H13ClFN3/c1-2-17-7-8(6-16-17)12(15)9-4-3-5-10(13)11(9)14/h3-7,12H,2,15H2,1H3. The Morgan fingerprint density at radius 2 is 2.29 bits per heavy atom. The minimum Gasteiger partial charge on any atom is -0.320 e. The van der Waals surface area contributed by atoms with Crippen LogP contribution in [0.5, 0.6) is 0 Å². The number of benzene rings is 1. The van der Waals surface area contributed by atoms with Gasteiger partial charge in [-0.05, 0) is 13.0 Å². The fraction of sp³-hybridized carbons (Fsp3) is 0.250. The maximum Gasteiger partial charge on any atom is 0.146 e. The number of halogens is 2. The lowest BCUT2D eigenvalue weighted by Gasteiger charge is -2.11. The van der Waals surface area contributed by atoms with Crippen LogP contribution in [0.4, 0.5) is 4.39 Å². The van der Waals surface area contributed by atoms with E-state index in [1.165, 1.54) is 6.07 Å². The molecule has 1 heterocycles. The van der Waals surface area contributed by atoms with E-state index in [0.717, 1.165) is 12.1 Å². The van der Waals surface area contributed by atoms with E-state index >= 15 is 0 Å². The van der Waals surface area contributed by atoms with Crippen molar-refractivity contribution in [3.63, 3.8) is 0 Å². The summed E-state index contributed by atoms with van der Waals surface area (Å²) in [6.07, 6.45) is 3.46. The Bertz CT molecular complexity index is 524. The number of rotatable bonds is 3. The number of nitrogens with two attached hydrogens (primary N) is 1. The highest BCUT2D eigenvalue weighted by atomic mass is 35.5. The summed E-state index contributed by atoms with van der Waals surface area (Å²) in [6.45, 7) is 2.73. The third kappa shape index (κ3) is 2.33. The molecule has 2 N–H and O–H groups in total. The van der Waals surface area contributed by atoms with Gasteiger partial charge in [-0.15, -0.1) is 0 Å². The Labute approximate surface area is 104 Å². The average Bonchev–Trinajstić information content (AvgIpc) is 2.80. The van der Waals surface area contributed by atoms with Gasteiger partial charge < -0.3 is 5.73 Å². The van der Waals surface area contributed by atoms with Crippen LogP contribution in [0.1, 0.15) is 24.1 Å². The molecule has 1 atom stereocenters. The molecule has 1 unspecified atom stereocenters. The fourth-order valence-corrected chi connectivity index (χ4v) is 1.84. The van der Waals surface area contributed by atoms with Crippen LogP contribution < -0.4 is 5.73 Å². The van der Waals surface area contributed by atoms with Gasteiger partial charge in [-0.1, -0.05) is 23.7 Å². The third-order valence-electron chi connectivity index (χ3n) is 2.65. The molecule has 0 aliphatic rings. The fourth-order valence-electron chi connectivity index (χ4n) is 1.65. The van der Waals surface area contributed by atoms with E-state index in [1.54, 1.807) is 23.0 Å². The molecule has 0 aliphatic carbocycles. The second kappa shape index (κ2) is 4.85. The maximum absolute atomic E-state index is 13.8. The monoisotopic (exact) mass is 253 g/mol. The number of nitrogens with zero attached hydrogens (tertiary/aromatic N) is 2. The molecule has 0 radical (unpaired) electrons. The Kier molecular flexibility index (Phi) is 3.45. The molecule has 3 nitrogen and oxygen atoms in total. The molecule has 1 aromatic carbocycles. The van der Waals surface area contributed by atoms with Gasteiger partial charge in [0.15, 0.2) is 0 Å². The molecule has 0 saturated heterocycles. The van der Waals surface area contributed by atoms with E-state index < -0.39 is 11.9 Å². The first-order valence-electron chi connectivity index (χ1n) is 5.35. The van der Waals surface area contributed by atoms with E-state index in [9.17, 15) is 4.39 Å². The van der Waals surface area contributed by atoms with Crippen LogP contribution in [0.3, 0.4) is 0 Å². The second-order valence-corrected chi connectivity index (χ2v) is 4.16. The zero-order valence-corrected chi connectivity index (χ0v) is 10.2. The van der Waals surface area contributed by atoms with E-state index in [2.05, 4.69) is 5.10 Å². The zero-order chi connectivity index (χ0) is 12.4. The van der Waals surface area contributed by atoms with Gasteiger partial charge in [-0.3, -0.25) is 4.68 Å². The molecule has 0 spiro atoms. The Morgan fingerprint density at radius 1 is 1.53 bits per heavy atom. The second-order valence-electron chi connectivity index (χ2n) is 3.75. The van der Waals surface area contributed by atoms with E-state index in [-0.39, 0.29) is 5.02 Å². The zero-order valence-electron chi connectivity index (χ0n) is 9.40.